The summed E-state index contributed by atoms with van der Waals surface area (Å²) < 4.78 is 0. The van der Waals surface area contributed by atoms with Gasteiger partial charge in [-0.05, 0) is 42.0 Å². The van der Waals surface area contributed by atoms with Crippen molar-refractivity contribution >= 4 is 28.5 Å². The van der Waals surface area contributed by atoms with E-state index in [1.165, 1.54) is 0 Å². The number of nitrogens with zero attached hydrogens (tertiary/aromatic N) is 3. The summed E-state index contributed by atoms with van der Waals surface area (Å²) in [5, 5.41) is 9.73. The van der Waals surface area contributed by atoms with E-state index in [1.54, 1.807) is 45.7 Å². The lowest BCUT2D eigenvalue weighted by Gasteiger charge is -2.19. The summed E-state index contributed by atoms with van der Waals surface area (Å²) in [5.41, 5.74) is 4.62. The molecule has 1 aromatic heterocycles. The van der Waals surface area contributed by atoms with Gasteiger partial charge in [0.15, 0.2) is 0 Å². The molecule has 0 aliphatic carbocycles. The van der Waals surface area contributed by atoms with Crippen molar-refractivity contribution in [2.24, 2.45) is 0 Å². The Morgan fingerprint density at radius 1 is 1.07 bits per heavy atom. The maximum absolute atomic E-state index is 12.8. The predicted molar refractivity (Wildman–Crippen MR) is 101 cm³/mol. The van der Waals surface area contributed by atoms with Gasteiger partial charge in [-0.2, -0.15) is 0 Å². The van der Waals surface area contributed by atoms with Gasteiger partial charge in [0.2, 0.25) is 0 Å². The lowest BCUT2D eigenvalue weighted by Crippen LogP contribution is -2.31. The maximum atomic E-state index is 12.8. The molecule has 1 aliphatic rings. The zero-order chi connectivity index (χ0) is 18.8. The first kappa shape index (κ1) is 17.0. The van der Waals surface area contributed by atoms with E-state index in [2.05, 4.69) is 4.98 Å². The van der Waals surface area contributed by atoms with Gasteiger partial charge in [-0.1, -0.05) is 18.2 Å². The third kappa shape index (κ3) is 3.20. The fourth-order valence-electron chi connectivity index (χ4n) is 3.34. The molecule has 1 saturated heterocycles. The molecular weight excluding hydrogens is 344 g/mol. The van der Waals surface area contributed by atoms with E-state index in [1.807, 2.05) is 30.3 Å². The van der Waals surface area contributed by atoms with Crippen LogP contribution in [-0.4, -0.2) is 40.1 Å². The smallest absolute Gasteiger partial charge is 0.318 e. The Hall–Kier alpha value is -3.45. The van der Waals surface area contributed by atoms with Gasteiger partial charge in [0.1, 0.15) is 0 Å². The number of carbonyl (C=O) groups is 2. The number of anilines is 1. The zero-order valence-corrected chi connectivity index (χ0v) is 14.5. The summed E-state index contributed by atoms with van der Waals surface area (Å²) in [6.07, 6.45) is 1.76. The molecule has 7 heteroatoms. The number of hydrogen-bond donors (Lipinski definition) is 2. The Kier molecular flexibility index (Phi) is 4.43. The number of benzene rings is 2. The van der Waals surface area contributed by atoms with Crippen molar-refractivity contribution in [3.05, 3.63) is 71.9 Å². The second-order valence-corrected chi connectivity index (χ2v) is 6.33. The SMILES string of the molecule is O=C(NO)c1ccc(N2CCN(Cc3cccc4ncccc34)C2=O)cc1. The molecule has 0 saturated carbocycles. The first-order valence-corrected chi connectivity index (χ1v) is 8.61. The lowest BCUT2D eigenvalue weighted by molar-refractivity contribution is 0.0706. The Morgan fingerprint density at radius 3 is 2.67 bits per heavy atom. The number of fused-ring (bicyclic) bond motifs is 1. The monoisotopic (exact) mass is 362 g/mol. The van der Waals surface area contributed by atoms with Gasteiger partial charge >= 0.3 is 6.03 Å². The number of pyridine rings is 1. The van der Waals surface area contributed by atoms with E-state index in [-0.39, 0.29) is 6.03 Å². The second-order valence-electron chi connectivity index (χ2n) is 6.33. The minimum absolute atomic E-state index is 0.0738. The number of urea groups is 1. The highest BCUT2D eigenvalue weighted by Crippen LogP contribution is 2.24. The molecule has 2 heterocycles. The number of amides is 3. The largest absolute Gasteiger partial charge is 0.324 e. The second kappa shape index (κ2) is 7.05. The highest BCUT2D eigenvalue weighted by atomic mass is 16.5. The third-order valence-corrected chi connectivity index (χ3v) is 4.73. The number of carbonyl (C=O) groups excluding carboxylic acids is 2. The Morgan fingerprint density at radius 2 is 1.89 bits per heavy atom. The minimum atomic E-state index is -0.583. The summed E-state index contributed by atoms with van der Waals surface area (Å²) in [4.78, 5) is 32.1. The number of aromatic nitrogens is 1. The van der Waals surface area contributed by atoms with Crippen LogP contribution >= 0.6 is 0 Å². The fraction of sp³-hybridized carbons (Fsp3) is 0.150. The maximum Gasteiger partial charge on any atom is 0.324 e. The van der Waals surface area contributed by atoms with Crippen LogP contribution in [0.25, 0.3) is 10.9 Å². The molecule has 4 rings (SSSR count). The molecular formula is C20H18N4O3. The third-order valence-electron chi connectivity index (χ3n) is 4.73. The molecule has 3 amide bonds. The molecule has 0 atom stereocenters. The number of hydrogen-bond acceptors (Lipinski definition) is 4. The van der Waals surface area contributed by atoms with Crippen LogP contribution in [0.4, 0.5) is 10.5 Å². The van der Waals surface area contributed by atoms with Crippen LogP contribution in [-0.2, 0) is 6.54 Å². The van der Waals surface area contributed by atoms with Gasteiger partial charge in [0.25, 0.3) is 5.91 Å². The molecule has 0 spiro atoms. The van der Waals surface area contributed by atoms with Crippen LogP contribution < -0.4 is 10.4 Å². The van der Waals surface area contributed by atoms with E-state index < -0.39 is 5.91 Å². The summed E-state index contributed by atoms with van der Waals surface area (Å²) in [5.74, 6) is -0.583. The van der Waals surface area contributed by atoms with E-state index in [4.69, 9.17) is 5.21 Å². The summed E-state index contributed by atoms with van der Waals surface area (Å²) in [7, 11) is 0. The number of rotatable bonds is 4. The summed E-state index contributed by atoms with van der Waals surface area (Å²) in [6.45, 7) is 1.71. The first-order valence-electron chi connectivity index (χ1n) is 8.61. The highest BCUT2D eigenvalue weighted by molar-refractivity contribution is 5.96. The normalized spacial score (nSPS) is 14.0. The van der Waals surface area contributed by atoms with Crippen molar-refractivity contribution in [3.8, 4) is 0 Å². The standard InChI is InChI=1S/C20H18N4O3/c25-19(22-27)14-6-8-16(9-7-14)24-12-11-23(20(24)26)13-15-3-1-5-18-17(15)4-2-10-21-18/h1-10,27H,11-13H2,(H,22,25). The minimum Gasteiger partial charge on any atom is -0.318 e. The van der Waals surface area contributed by atoms with E-state index >= 15 is 0 Å². The van der Waals surface area contributed by atoms with Crippen molar-refractivity contribution in [1.29, 1.82) is 0 Å². The number of nitrogens with one attached hydrogen (secondary N) is 1. The van der Waals surface area contributed by atoms with Gasteiger partial charge in [-0.3, -0.25) is 19.9 Å². The van der Waals surface area contributed by atoms with Crippen LogP contribution in [0.1, 0.15) is 15.9 Å². The summed E-state index contributed by atoms with van der Waals surface area (Å²) in [6, 6.07) is 16.3. The average Bonchev–Trinajstić information content (AvgIpc) is 3.08. The van der Waals surface area contributed by atoms with Gasteiger partial charge in [0.05, 0.1) is 5.52 Å². The van der Waals surface area contributed by atoms with E-state index in [0.29, 0.717) is 25.2 Å². The van der Waals surface area contributed by atoms with Crippen molar-refractivity contribution in [1.82, 2.24) is 15.4 Å². The molecule has 2 aromatic carbocycles. The van der Waals surface area contributed by atoms with Crippen molar-refractivity contribution in [2.45, 2.75) is 6.54 Å². The lowest BCUT2D eigenvalue weighted by atomic mass is 10.1. The molecule has 1 aliphatic heterocycles. The molecule has 27 heavy (non-hydrogen) atoms. The molecule has 7 nitrogen and oxygen atoms in total. The van der Waals surface area contributed by atoms with Gasteiger partial charge in [-0.15, -0.1) is 0 Å². The molecule has 0 radical (unpaired) electrons. The topological polar surface area (TPSA) is 85.8 Å². The van der Waals surface area contributed by atoms with Crippen LogP contribution in [0.15, 0.2) is 60.8 Å². The zero-order valence-electron chi connectivity index (χ0n) is 14.5. The predicted octanol–water partition coefficient (Wildman–Crippen LogP) is 2.80. The Labute approximate surface area is 155 Å². The van der Waals surface area contributed by atoms with Gasteiger partial charge in [0, 0.05) is 42.5 Å². The quantitative estimate of drug-likeness (QED) is 0.552. The molecule has 0 unspecified atom stereocenters. The van der Waals surface area contributed by atoms with Gasteiger partial charge in [-0.25, -0.2) is 10.3 Å². The molecule has 136 valence electrons. The first-order chi connectivity index (χ1) is 13.2. The number of hydroxylamine groups is 1. The van der Waals surface area contributed by atoms with Crippen LogP contribution in [0.5, 0.6) is 0 Å². The fourth-order valence-corrected chi connectivity index (χ4v) is 3.34. The van der Waals surface area contributed by atoms with E-state index in [9.17, 15) is 9.59 Å². The Bertz CT molecular complexity index is 998. The van der Waals surface area contributed by atoms with E-state index in [0.717, 1.165) is 22.2 Å². The average molecular weight is 362 g/mol. The summed E-state index contributed by atoms with van der Waals surface area (Å²) >= 11 is 0. The highest BCUT2D eigenvalue weighted by Gasteiger charge is 2.29. The van der Waals surface area contributed by atoms with Crippen molar-refractivity contribution < 1.29 is 14.8 Å². The molecule has 0 bridgehead atoms. The van der Waals surface area contributed by atoms with Crippen molar-refractivity contribution in [3.63, 3.8) is 0 Å². The van der Waals surface area contributed by atoms with Crippen LogP contribution in [0.2, 0.25) is 0 Å². The van der Waals surface area contributed by atoms with Crippen LogP contribution in [0.3, 0.4) is 0 Å². The molecule has 1 fully saturated rings. The molecule has 3 aromatic rings. The van der Waals surface area contributed by atoms with Gasteiger partial charge < -0.3 is 4.90 Å². The van der Waals surface area contributed by atoms with Crippen LogP contribution in [0, 0.1) is 0 Å². The Balaban J connectivity index is 1.52. The van der Waals surface area contributed by atoms with Crippen molar-refractivity contribution in [2.75, 3.05) is 18.0 Å². The molecule has 2 N–H and O–H groups in total.